The molecule has 0 heterocycles. The zero-order valence-electron chi connectivity index (χ0n) is 14.6. The maximum absolute atomic E-state index is 12.1. The molecule has 0 aliphatic heterocycles. The highest BCUT2D eigenvalue weighted by atomic mass is 35.5. The van der Waals surface area contributed by atoms with Crippen LogP contribution in [0.15, 0.2) is 59.6 Å². The Kier molecular flexibility index (Phi) is 7.90. The predicted molar refractivity (Wildman–Crippen MR) is 107 cm³/mol. The molecule has 0 spiro atoms. The van der Waals surface area contributed by atoms with Crippen LogP contribution in [0.5, 0.6) is 0 Å². The minimum atomic E-state index is -3.37. The van der Waals surface area contributed by atoms with Crippen molar-refractivity contribution in [2.24, 2.45) is 4.99 Å². The lowest BCUT2D eigenvalue weighted by Crippen LogP contribution is -2.40. The van der Waals surface area contributed by atoms with E-state index in [0.29, 0.717) is 17.5 Å². The number of nitrogens with zero attached hydrogens (tertiary/aromatic N) is 1. The van der Waals surface area contributed by atoms with Gasteiger partial charge < -0.3 is 10.6 Å². The molecule has 0 saturated carbocycles. The van der Waals surface area contributed by atoms with E-state index in [-0.39, 0.29) is 18.8 Å². The largest absolute Gasteiger partial charge is 0.355 e. The molecule has 0 radical (unpaired) electrons. The van der Waals surface area contributed by atoms with Crippen LogP contribution in [0.25, 0.3) is 0 Å². The second-order valence-corrected chi connectivity index (χ2v) is 7.97. The van der Waals surface area contributed by atoms with Crippen molar-refractivity contribution >= 4 is 27.6 Å². The summed E-state index contributed by atoms with van der Waals surface area (Å²) < 4.78 is 26.7. The van der Waals surface area contributed by atoms with Gasteiger partial charge in [0.1, 0.15) is 0 Å². The van der Waals surface area contributed by atoms with Gasteiger partial charge >= 0.3 is 0 Å². The normalized spacial score (nSPS) is 12.0. The average Bonchev–Trinajstić information content (AvgIpc) is 2.64. The molecule has 0 fully saturated rings. The summed E-state index contributed by atoms with van der Waals surface area (Å²) in [5, 5.41) is 6.79. The van der Waals surface area contributed by atoms with Crippen LogP contribution >= 0.6 is 11.6 Å². The zero-order chi connectivity index (χ0) is 18.8. The van der Waals surface area contributed by atoms with Crippen LogP contribution in [0, 0.1) is 0 Å². The number of hydrogen-bond acceptors (Lipinski definition) is 3. The highest BCUT2D eigenvalue weighted by molar-refractivity contribution is 7.89. The van der Waals surface area contributed by atoms with Gasteiger partial charge in [-0.1, -0.05) is 54.1 Å². The molecule has 2 aromatic rings. The van der Waals surface area contributed by atoms with Crippen molar-refractivity contribution in [2.75, 3.05) is 19.3 Å². The zero-order valence-corrected chi connectivity index (χ0v) is 16.1. The minimum Gasteiger partial charge on any atom is -0.355 e. The van der Waals surface area contributed by atoms with E-state index in [1.807, 2.05) is 54.6 Å². The van der Waals surface area contributed by atoms with Gasteiger partial charge in [0, 0.05) is 31.7 Å². The molecule has 8 heteroatoms. The first-order chi connectivity index (χ1) is 12.5. The summed E-state index contributed by atoms with van der Waals surface area (Å²) in [6.07, 6.45) is 0. The molecule has 0 aliphatic carbocycles. The molecule has 0 aromatic heterocycles. The van der Waals surface area contributed by atoms with E-state index >= 15 is 0 Å². The second kappa shape index (κ2) is 10.2. The Labute approximate surface area is 159 Å². The topological polar surface area (TPSA) is 82.6 Å². The highest BCUT2D eigenvalue weighted by Gasteiger charge is 2.10. The first-order valence-electron chi connectivity index (χ1n) is 8.19. The summed E-state index contributed by atoms with van der Waals surface area (Å²) in [5.41, 5.74) is 1.93. The van der Waals surface area contributed by atoms with Gasteiger partial charge in [0.15, 0.2) is 5.96 Å². The maximum Gasteiger partial charge on any atom is 0.213 e. The summed E-state index contributed by atoms with van der Waals surface area (Å²) in [7, 11) is -1.73. The Bertz CT molecular complexity index is 826. The lowest BCUT2D eigenvalue weighted by atomic mass is 10.2. The van der Waals surface area contributed by atoms with E-state index in [1.165, 1.54) is 0 Å². The van der Waals surface area contributed by atoms with E-state index in [2.05, 4.69) is 20.3 Å². The summed E-state index contributed by atoms with van der Waals surface area (Å²) >= 11 is 5.95. The number of sulfonamides is 1. The fraction of sp³-hybridized carbons (Fsp3) is 0.278. The highest BCUT2D eigenvalue weighted by Crippen LogP contribution is 2.10. The Balaban J connectivity index is 1.73. The van der Waals surface area contributed by atoms with Gasteiger partial charge in [-0.25, -0.2) is 13.1 Å². The average molecular weight is 395 g/mol. The number of guanidine groups is 1. The molecule has 0 unspecified atom stereocenters. The monoisotopic (exact) mass is 394 g/mol. The molecule has 26 heavy (non-hydrogen) atoms. The third kappa shape index (κ3) is 7.43. The molecule has 3 N–H and O–H groups in total. The Morgan fingerprint density at radius 1 is 1.00 bits per heavy atom. The van der Waals surface area contributed by atoms with Gasteiger partial charge in [0.25, 0.3) is 0 Å². The van der Waals surface area contributed by atoms with Crippen molar-refractivity contribution in [3.8, 4) is 0 Å². The number of hydrogen-bond donors (Lipinski definition) is 3. The molecule has 6 nitrogen and oxygen atoms in total. The summed E-state index contributed by atoms with van der Waals surface area (Å²) in [5.74, 6) is 0.487. The molecule has 0 atom stereocenters. The number of rotatable bonds is 8. The molecule has 0 saturated heterocycles. The molecular formula is C18H23ClN4O2S. The summed E-state index contributed by atoms with van der Waals surface area (Å²) in [6.45, 7) is 1.07. The van der Waals surface area contributed by atoms with Crippen LogP contribution in [-0.2, 0) is 23.1 Å². The lowest BCUT2D eigenvalue weighted by molar-refractivity contribution is 0.580. The van der Waals surface area contributed by atoms with Gasteiger partial charge in [0.2, 0.25) is 10.0 Å². The first-order valence-corrected chi connectivity index (χ1v) is 10.2. The smallest absolute Gasteiger partial charge is 0.213 e. The van der Waals surface area contributed by atoms with Crippen molar-refractivity contribution in [2.45, 2.75) is 13.1 Å². The summed E-state index contributed by atoms with van der Waals surface area (Å²) in [6, 6.07) is 16.9. The van der Waals surface area contributed by atoms with Crippen molar-refractivity contribution in [3.05, 3.63) is 70.7 Å². The van der Waals surface area contributed by atoms with Crippen molar-refractivity contribution in [1.29, 1.82) is 0 Å². The van der Waals surface area contributed by atoms with Crippen LogP contribution in [-0.4, -0.2) is 33.7 Å². The van der Waals surface area contributed by atoms with E-state index in [4.69, 9.17) is 11.6 Å². The van der Waals surface area contributed by atoms with Crippen LogP contribution in [0.2, 0.25) is 5.02 Å². The Morgan fingerprint density at radius 3 is 2.42 bits per heavy atom. The number of halogens is 1. The number of aliphatic imine (C=N–C) groups is 1. The minimum absolute atomic E-state index is 0.0439. The quantitative estimate of drug-likeness (QED) is 0.473. The van der Waals surface area contributed by atoms with Crippen molar-refractivity contribution in [1.82, 2.24) is 15.4 Å². The SMILES string of the molecule is CN=C(NCCS(=O)(=O)NCc1ccccc1)NCc1cccc(Cl)c1. The Morgan fingerprint density at radius 2 is 1.73 bits per heavy atom. The number of nitrogens with one attached hydrogen (secondary N) is 3. The standard InChI is InChI=1S/C18H23ClN4O2S/c1-20-18(22-13-16-8-5-9-17(19)12-16)21-10-11-26(24,25)23-14-15-6-3-2-4-7-15/h2-9,12,23H,10-11,13-14H2,1H3,(H2,20,21,22). The third-order valence-corrected chi connectivity index (χ3v) is 5.14. The fourth-order valence-electron chi connectivity index (χ4n) is 2.22. The fourth-order valence-corrected chi connectivity index (χ4v) is 3.33. The molecule has 0 aliphatic rings. The molecular weight excluding hydrogens is 372 g/mol. The molecule has 0 bridgehead atoms. The first kappa shape index (κ1) is 20.2. The lowest BCUT2D eigenvalue weighted by Gasteiger charge is -2.12. The van der Waals surface area contributed by atoms with Crippen LogP contribution < -0.4 is 15.4 Å². The Hall–Kier alpha value is -2.09. The molecule has 140 valence electrons. The van der Waals surface area contributed by atoms with Gasteiger partial charge in [-0.3, -0.25) is 4.99 Å². The van der Waals surface area contributed by atoms with E-state index in [0.717, 1.165) is 11.1 Å². The van der Waals surface area contributed by atoms with Gasteiger partial charge in [-0.15, -0.1) is 0 Å². The molecule has 2 aromatic carbocycles. The van der Waals surface area contributed by atoms with E-state index < -0.39 is 10.0 Å². The van der Waals surface area contributed by atoms with Crippen LogP contribution in [0.1, 0.15) is 11.1 Å². The van der Waals surface area contributed by atoms with Crippen molar-refractivity contribution < 1.29 is 8.42 Å². The van der Waals surface area contributed by atoms with Crippen LogP contribution in [0.4, 0.5) is 0 Å². The maximum atomic E-state index is 12.1. The van der Waals surface area contributed by atoms with Gasteiger partial charge in [0.05, 0.1) is 5.75 Å². The van der Waals surface area contributed by atoms with Crippen LogP contribution in [0.3, 0.4) is 0 Å². The van der Waals surface area contributed by atoms with Gasteiger partial charge in [-0.05, 0) is 23.3 Å². The third-order valence-electron chi connectivity index (χ3n) is 3.57. The predicted octanol–water partition coefficient (Wildman–Crippen LogP) is 2.12. The molecule has 0 amide bonds. The van der Waals surface area contributed by atoms with Gasteiger partial charge in [-0.2, -0.15) is 0 Å². The second-order valence-electron chi connectivity index (χ2n) is 5.61. The molecule has 2 rings (SSSR count). The summed E-state index contributed by atoms with van der Waals surface area (Å²) in [4.78, 5) is 4.08. The van der Waals surface area contributed by atoms with E-state index in [1.54, 1.807) is 7.05 Å². The number of benzene rings is 2. The van der Waals surface area contributed by atoms with Crippen molar-refractivity contribution in [3.63, 3.8) is 0 Å². The van der Waals surface area contributed by atoms with E-state index in [9.17, 15) is 8.42 Å².